The Morgan fingerprint density at radius 1 is 1.24 bits per heavy atom. The molecule has 2 aromatic rings. The topological polar surface area (TPSA) is 63.2 Å². The van der Waals surface area contributed by atoms with Gasteiger partial charge in [0.2, 0.25) is 6.10 Å². The van der Waals surface area contributed by atoms with Gasteiger partial charge in [-0.15, -0.1) is 0 Å². The zero-order valence-electron chi connectivity index (χ0n) is 13.3. The molecule has 3 aliphatic rings. The van der Waals surface area contributed by atoms with Gasteiger partial charge in [0.05, 0.1) is 12.2 Å². The first-order chi connectivity index (χ1) is 12.3. The van der Waals surface area contributed by atoms with Crippen LogP contribution >= 0.6 is 11.8 Å². The summed E-state index contributed by atoms with van der Waals surface area (Å²) in [5, 5.41) is 3.97. The van der Waals surface area contributed by atoms with Crippen molar-refractivity contribution in [2.75, 3.05) is 29.9 Å². The molecular weight excluding hydrogens is 338 g/mol. The van der Waals surface area contributed by atoms with Crippen molar-refractivity contribution < 1.29 is 14.3 Å². The van der Waals surface area contributed by atoms with Crippen molar-refractivity contribution in [1.29, 1.82) is 0 Å². The van der Waals surface area contributed by atoms with Gasteiger partial charge in [0, 0.05) is 17.1 Å². The third-order valence-electron chi connectivity index (χ3n) is 4.32. The molecule has 0 aromatic heterocycles. The average Bonchev–Trinajstić information content (AvgIpc) is 3.22. The van der Waals surface area contributed by atoms with Gasteiger partial charge in [0.25, 0.3) is 5.91 Å². The Hall–Kier alpha value is -2.67. The first kappa shape index (κ1) is 14.7. The van der Waals surface area contributed by atoms with Crippen LogP contribution in [0.15, 0.2) is 52.4 Å². The smallest absolute Gasteiger partial charge is 0.269 e. The molecule has 0 fully saturated rings. The molecule has 7 heteroatoms. The summed E-state index contributed by atoms with van der Waals surface area (Å²) in [6.07, 6.45) is -0.665. The number of hydrogen-bond donors (Lipinski definition) is 1. The number of amides is 1. The quantitative estimate of drug-likeness (QED) is 0.899. The lowest BCUT2D eigenvalue weighted by atomic mass is 10.2. The molecule has 1 unspecified atom stereocenters. The lowest BCUT2D eigenvalue weighted by molar-refractivity contribution is -0.125. The van der Waals surface area contributed by atoms with Crippen LogP contribution in [-0.2, 0) is 4.79 Å². The van der Waals surface area contributed by atoms with E-state index in [4.69, 9.17) is 9.47 Å². The lowest BCUT2D eigenvalue weighted by Crippen LogP contribution is -2.40. The van der Waals surface area contributed by atoms with Crippen molar-refractivity contribution >= 4 is 34.2 Å². The Morgan fingerprint density at radius 3 is 3.04 bits per heavy atom. The van der Waals surface area contributed by atoms with Crippen molar-refractivity contribution in [3.8, 4) is 11.5 Å². The van der Waals surface area contributed by atoms with Gasteiger partial charge in [-0.2, -0.15) is 0 Å². The fraction of sp³-hybridized carbons (Fsp3) is 0.222. The molecule has 2 aromatic carbocycles. The number of carbonyl (C=O) groups excluding carboxylic acids is 1. The van der Waals surface area contributed by atoms with Crippen molar-refractivity contribution in [3.63, 3.8) is 0 Å². The number of rotatable bonds is 2. The molecule has 6 nitrogen and oxygen atoms in total. The number of nitrogens with zero attached hydrogens (tertiary/aromatic N) is 2. The summed E-state index contributed by atoms with van der Waals surface area (Å²) in [6, 6.07) is 13.3. The Bertz CT molecular complexity index is 899. The Morgan fingerprint density at radius 2 is 2.12 bits per heavy atom. The molecule has 0 spiro atoms. The molecule has 5 rings (SSSR count). The van der Waals surface area contributed by atoms with Gasteiger partial charge in [0.15, 0.2) is 16.7 Å². The maximum absolute atomic E-state index is 12.5. The van der Waals surface area contributed by atoms with E-state index in [-0.39, 0.29) is 12.5 Å². The van der Waals surface area contributed by atoms with Gasteiger partial charge >= 0.3 is 0 Å². The number of fused-ring (bicyclic) bond motifs is 4. The highest BCUT2D eigenvalue weighted by Gasteiger charge is 2.31. The molecule has 3 aliphatic heterocycles. The normalized spacial score (nSPS) is 19.9. The molecule has 0 radical (unpaired) electrons. The van der Waals surface area contributed by atoms with Crippen LogP contribution in [0.5, 0.6) is 11.5 Å². The first-order valence-electron chi connectivity index (χ1n) is 8.11. The second kappa shape index (κ2) is 5.70. The summed E-state index contributed by atoms with van der Waals surface area (Å²) in [5.41, 5.74) is 1.85. The van der Waals surface area contributed by atoms with Gasteiger partial charge in [-0.3, -0.25) is 9.79 Å². The van der Waals surface area contributed by atoms with E-state index >= 15 is 0 Å². The third kappa shape index (κ3) is 2.51. The zero-order chi connectivity index (χ0) is 16.8. The number of anilines is 2. The fourth-order valence-electron chi connectivity index (χ4n) is 3.10. The van der Waals surface area contributed by atoms with Crippen LogP contribution in [0, 0.1) is 0 Å². The number of nitrogens with one attached hydrogen (secondary N) is 1. The number of benzene rings is 2. The number of thioether (sulfide) groups is 1. The van der Waals surface area contributed by atoms with E-state index in [2.05, 4.69) is 15.2 Å². The number of aliphatic imine (C=N–C) groups is 1. The number of carbonyl (C=O) groups is 1. The van der Waals surface area contributed by atoms with Crippen LogP contribution in [0.3, 0.4) is 0 Å². The highest BCUT2D eigenvalue weighted by atomic mass is 32.2. The highest BCUT2D eigenvalue weighted by molar-refractivity contribution is 8.14. The molecule has 1 amide bonds. The summed E-state index contributed by atoms with van der Waals surface area (Å²) in [5.74, 6) is 1.05. The van der Waals surface area contributed by atoms with E-state index in [1.807, 2.05) is 36.4 Å². The van der Waals surface area contributed by atoms with E-state index in [1.165, 1.54) is 4.90 Å². The number of amidine groups is 1. The van der Waals surface area contributed by atoms with Crippen molar-refractivity contribution in [2.24, 2.45) is 4.99 Å². The molecule has 0 bridgehead atoms. The summed E-state index contributed by atoms with van der Waals surface area (Å²) in [4.78, 5) is 20.4. The van der Waals surface area contributed by atoms with Crippen LogP contribution < -0.4 is 19.7 Å². The first-order valence-corrected chi connectivity index (χ1v) is 8.93. The summed E-state index contributed by atoms with van der Waals surface area (Å²) >= 11 is 1.67. The molecule has 126 valence electrons. The van der Waals surface area contributed by atoms with Gasteiger partial charge in [-0.25, -0.2) is 0 Å². The van der Waals surface area contributed by atoms with Gasteiger partial charge in [-0.05, 0) is 42.1 Å². The van der Waals surface area contributed by atoms with Gasteiger partial charge in [0.1, 0.15) is 6.61 Å². The predicted molar refractivity (Wildman–Crippen MR) is 96.9 cm³/mol. The van der Waals surface area contributed by atoms with E-state index < -0.39 is 6.10 Å². The van der Waals surface area contributed by atoms with Gasteiger partial charge in [-0.1, -0.05) is 12.1 Å². The maximum atomic E-state index is 12.5. The molecular formula is C18H15N3O3S. The molecule has 1 N–H and O–H groups in total. The number of hydrogen-bond acceptors (Lipinski definition) is 6. The minimum atomic E-state index is -0.665. The highest BCUT2D eigenvalue weighted by Crippen LogP contribution is 2.43. The summed E-state index contributed by atoms with van der Waals surface area (Å²) in [7, 11) is 0. The molecule has 0 saturated carbocycles. The molecule has 3 heterocycles. The Kier molecular flexibility index (Phi) is 3.34. The van der Waals surface area contributed by atoms with Gasteiger partial charge < -0.3 is 19.7 Å². The average molecular weight is 353 g/mol. The monoisotopic (exact) mass is 353 g/mol. The van der Waals surface area contributed by atoms with Crippen LogP contribution in [0.2, 0.25) is 0 Å². The Labute approximate surface area is 148 Å². The number of para-hydroxylation sites is 2. The van der Waals surface area contributed by atoms with Crippen LogP contribution in [-0.4, -0.2) is 36.9 Å². The van der Waals surface area contributed by atoms with Crippen LogP contribution in [0.25, 0.3) is 0 Å². The Balaban J connectivity index is 1.32. The number of ether oxygens (including phenoxy) is 2. The minimum Gasteiger partial charge on any atom is -0.485 e. The molecule has 25 heavy (non-hydrogen) atoms. The van der Waals surface area contributed by atoms with E-state index in [1.54, 1.807) is 17.8 Å². The third-order valence-corrected chi connectivity index (χ3v) is 5.42. The standard InChI is InChI=1S/C18H15N3O3S/c22-17(15-10-23-13-3-1-2-4-14(13)24-15)20-11-5-6-16-12(9-11)21-8-7-19-18(21)25-16/h1-6,9,15H,7-8,10H2,(H,20,22). The zero-order valence-corrected chi connectivity index (χ0v) is 14.1. The second-order valence-corrected chi connectivity index (χ2v) is 6.96. The van der Waals surface area contributed by atoms with Crippen molar-refractivity contribution in [2.45, 2.75) is 11.0 Å². The van der Waals surface area contributed by atoms with E-state index in [0.717, 1.165) is 29.6 Å². The second-order valence-electron chi connectivity index (χ2n) is 5.95. The van der Waals surface area contributed by atoms with E-state index in [9.17, 15) is 4.79 Å². The molecule has 1 atom stereocenters. The SMILES string of the molecule is O=C(Nc1ccc2c(c1)N1CCN=C1S2)C1COc2ccccc2O1. The van der Waals surface area contributed by atoms with Crippen LogP contribution in [0.1, 0.15) is 0 Å². The van der Waals surface area contributed by atoms with E-state index in [0.29, 0.717) is 11.5 Å². The minimum absolute atomic E-state index is 0.201. The fourth-order valence-corrected chi connectivity index (χ4v) is 4.16. The van der Waals surface area contributed by atoms with Crippen LogP contribution in [0.4, 0.5) is 11.4 Å². The summed E-state index contributed by atoms with van der Waals surface area (Å²) < 4.78 is 11.4. The summed E-state index contributed by atoms with van der Waals surface area (Å²) in [6.45, 7) is 1.92. The largest absolute Gasteiger partial charge is 0.485 e. The van der Waals surface area contributed by atoms with Crippen molar-refractivity contribution in [1.82, 2.24) is 0 Å². The lowest BCUT2D eigenvalue weighted by Gasteiger charge is -2.25. The molecule has 0 aliphatic carbocycles. The van der Waals surface area contributed by atoms with Crippen molar-refractivity contribution in [3.05, 3.63) is 42.5 Å². The maximum Gasteiger partial charge on any atom is 0.269 e. The molecule has 0 saturated heterocycles. The predicted octanol–water partition coefficient (Wildman–Crippen LogP) is 2.75.